The Morgan fingerprint density at radius 1 is 1.24 bits per heavy atom. The number of aromatic nitrogens is 1. The number of ether oxygens (including phenoxy) is 1. The molecular weight excluding hydrogens is 271 g/mol. The van der Waals surface area contributed by atoms with Crippen LogP contribution in [0.2, 0.25) is 0 Å². The van der Waals surface area contributed by atoms with Gasteiger partial charge in [-0.25, -0.2) is 4.39 Å². The van der Waals surface area contributed by atoms with Crippen LogP contribution in [0.1, 0.15) is 19.4 Å². The van der Waals surface area contributed by atoms with Crippen molar-refractivity contribution in [3.63, 3.8) is 0 Å². The Hall–Kier alpha value is -2.43. The lowest BCUT2D eigenvalue weighted by molar-refractivity contribution is -0.120. The maximum atomic E-state index is 13.0. The van der Waals surface area contributed by atoms with E-state index in [9.17, 15) is 9.18 Å². The van der Waals surface area contributed by atoms with E-state index in [2.05, 4.69) is 10.3 Å². The second-order valence-corrected chi connectivity index (χ2v) is 5.16. The fourth-order valence-corrected chi connectivity index (χ4v) is 1.93. The van der Waals surface area contributed by atoms with E-state index >= 15 is 0 Å². The van der Waals surface area contributed by atoms with Crippen LogP contribution in [0.3, 0.4) is 0 Å². The normalized spacial score (nSPS) is 11.0. The molecule has 2 aromatic rings. The molecule has 2 rings (SSSR count). The number of halogens is 1. The summed E-state index contributed by atoms with van der Waals surface area (Å²) in [4.78, 5) is 16.5. The van der Waals surface area contributed by atoms with Crippen molar-refractivity contribution in [3.05, 3.63) is 54.1 Å². The molecule has 1 aromatic heterocycles. The van der Waals surface area contributed by atoms with Crippen LogP contribution in [0.4, 0.5) is 10.1 Å². The molecule has 0 radical (unpaired) electrons. The van der Waals surface area contributed by atoms with Gasteiger partial charge in [-0.2, -0.15) is 0 Å². The Kier molecular flexibility index (Phi) is 4.21. The van der Waals surface area contributed by atoms with Crippen molar-refractivity contribution in [2.75, 3.05) is 12.4 Å². The van der Waals surface area contributed by atoms with Crippen LogP contribution in [0.5, 0.6) is 5.75 Å². The van der Waals surface area contributed by atoms with Gasteiger partial charge in [0.1, 0.15) is 17.3 Å². The average Bonchev–Trinajstić information content (AvgIpc) is 2.48. The minimum Gasteiger partial charge on any atom is -0.494 e. The largest absolute Gasteiger partial charge is 0.494 e. The predicted octanol–water partition coefficient (Wildman–Crippen LogP) is 3.15. The molecule has 0 bridgehead atoms. The third-order valence-electron chi connectivity index (χ3n) is 3.38. The van der Waals surface area contributed by atoms with Crippen molar-refractivity contribution in [1.29, 1.82) is 0 Å². The first-order chi connectivity index (χ1) is 9.95. The molecule has 0 saturated carbocycles. The lowest BCUT2D eigenvalue weighted by Gasteiger charge is -2.24. The molecule has 110 valence electrons. The number of carbonyl (C=O) groups is 1. The zero-order valence-corrected chi connectivity index (χ0v) is 12.2. The number of nitrogens with zero attached hydrogens (tertiary/aromatic N) is 1. The molecule has 0 spiro atoms. The van der Waals surface area contributed by atoms with E-state index in [4.69, 9.17) is 4.74 Å². The maximum absolute atomic E-state index is 13.0. The molecule has 1 heterocycles. The third kappa shape index (κ3) is 3.18. The Morgan fingerprint density at radius 2 is 1.90 bits per heavy atom. The monoisotopic (exact) mass is 288 g/mol. The SMILES string of the molecule is COc1ccncc1NC(=O)C(C)(C)c1ccc(F)cc1. The molecule has 21 heavy (non-hydrogen) atoms. The minimum atomic E-state index is -0.811. The van der Waals surface area contributed by atoms with Crippen molar-refractivity contribution >= 4 is 11.6 Å². The molecule has 1 amide bonds. The van der Waals surface area contributed by atoms with Gasteiger partial charge in [0, 0.05) is 12.3 Å². The highest BCUT2D eigenvalue weighted by Crippen LogP contribution is 2.28. The first-order valence-electron chi connectivity index (χ1n) is 6.50. The van der Waals surface area contributed by atoms with Crippen LogP contribution >= 0.6 is 0 Å². The van der Waals surface area contributed by atoms with E-state index in [0.717, 1.165) is 5.56 Å². The zero-order valence-electron chi connectivity index (χ0n) is 12.2. The summed E-state index contributed by atoms with van der Waals surface area (Å²) in [6.07, 6.45) is 3.11. The number of carbonyl (C=O) groups excluding carboxylic acids is 1. The minimum absolute atomic E-state index is 0.222. The summed E-state index contributed by atoms with van der Waals surface area (Å²) < 4.78 is 18.2. The van der Waals surface area contributed by atoms with Crippen LogP contribution in [0.25, 0.3) is 0 Å². The van der Waals surface area contributed by atoms with Gasteiger partial charge in [-0.3, -0.25) is 9.78 Å². The second-order valence-electron chi connectivity index (χ2n) is 5.16. The van der Waals surface area contributed by atoms with Gasteiger partial charge >= 0.3 is 0 Å². The van der Waals surface area contributed by atoms with E-state index in [-0.39, 0.29) is 11.7 Å². The highest BCUT2D eigenvalue weighted by atomic mass is 19.1. The van der Waals surface area contributed by atoms with Crippen LogP contribution < -0.4 is 10.1 Å². The van der Waals surface area contributed by atoms with Crippen molar-refractivity contribution in [2.24, 2.45) is 0 Å². The van der Waals surface area contributed by atoms with Crippen molar-refractivity contribution in [3.8, 4) is 5.75 Å². The van der Waals surface area contributed by atoms with E-state index in [0.29, 0.717) is 11.4 Å². The number of pyridine rings is 1. The summed E-state index contributed by atoms with van der Waals surface area (Å²) in [5.74, 6) is -0.0162. The molecule has 0 aliphatic heterocycles. The summed E-state index contributed by atoms with van der Waals surface area (Å²) in [6.45, 7) is 3.55. The van der Waals surface area contributed by atoms with Gasteiger partial charge in [-0.1, -0.05) is 12.1 Å². The van der Waals surface area contributed by atoms with Gasteiger partial charge in [0.2, 0.25) is 5.91 Å². The van der Waals surface area contributed by atoms with Crippen molar-refractivity contribution < 1.29 is 13.9 Å². The molecular formula is C16H17FN2O2. The number of methoxy groups -OCH3 is 1. The molecule has 0 fully saturated rings. The van der Waals surface area contributed by atoms with Gasteiger partial charge in [0.25, 0.3) is 0 Å². The zero-order chi connectivity index (χ0) is 15.5. The van der Waals surface area contributed by atoms with Crippen molar-refractivity contribution in [1.82, 2.24) is 4.98 Å². The molecule has 1 aromatic carbocycles. The fraction of sp³-hybridized carbons (Fsp3) is 0.250. The van der Waals surface area contributed by atoms with Crippen molar-refractivity contribution in [2.45, 2.75) is 19.3 Å². The van der Waals surface area contributed by atoms with Crippen LogP contribution in [0.15, 0.2) is 42.7 Å². The Morgan fingerprint density at radius 3 is 2.52 bits per heavy atom. The summed E-state index contributed by atoms with van der Waals surface area (Å²) in [6, 6.07) is 7.56. The molecule has 4 nitrogen and oxygen atoms in total. The summed E-state index contributed by atoms with van der Waals surface area (Å²) in [5.41, 5.74) is 0.415. The van der Waals surface area contributed by atoms with Gasteiger partial charge < -0.3 is 10.1 Å². The molecule has 0 atom stereocenters. The first-order valence-corrected chi connectivity index (χ1v) is 6.50. The van der Waals surface area contributed by atoms with Gasteiger partial charge in [0.05, 0.1) is 18.7 Å². The number of amides is 1. The molecule has 0 saturated heterocycles. The molecule has 1 N–H and O–H groups in total. The number of benzene rings is 1. The van der Waals surface area contributed by atoms with Crippen LogP contribution in [0, 0.1) is 5.82 Å². The Labute approximate surface area is 123 Å². The Balaban J connectivity index is 2.24. The standard InChI is InChI=1S/C16H17FN2O2/c1-16(2,11-4-6-12(17)7-5-11)15(20)19-13-10-18-9-8-14(13)21-3/h4-10H,1-3H3,(H,19,20). The van der Waals surface area contributed by atoms with Crippen LogP contribution in [-0.4, -0.2) is 18.0 Å². The number of hydrogen-bond acceptors (Lipinski definition) is 3. The molecule has 0 aliphatic rings. The maximum Gasteiger partial charge on any atom is 0.234 e. The van der Waals surface area contributed by atoms with E-state index in [1.165, 1.54) is 25.4 Å². The second kappa shape index (κ2) is 5.91. The predicted molar refractivity (Wildman–Crippen MR) is 78.8 cm³/mol. The smallest absolute Gasteiger partial charge is 0.234 e. The lowest BCUT2D eigenvalue weighted by Crippen LogP contribution is -2.34. The summed E-state index contributed by atoms with van der Waals surface area (Å²) >= 11 is 0. The molecule has 0 unspecified atom stereocenters. The van der Waals surface area contributed by atoms with E-state index in [1.807, 2.05) is 0 Å². The van der Waals surface area contributed by atoms with Crippen LogP contribution in [-0.2, 0) is 10.2 Å². The van der Waals surface area contributed by atoms with Gasteiger partial charge in [-0.05, 0) is 31.5 Å². The van der Waals surface area contributed by atoms with E-state index in [1.54, 1.807) is 38.2 Å². The summed E-state index contributed by atoms with van der Waals surface area (Å²) in [7, 11) is 1.52. The summed E-state index contributed by atoms with van der Waals surface area (Å²) in [5, 5.41) is 2.79. The molecule has 0 aliphatic carbocycles. The quantitative estimate of drug-likeness (QED) is 0.940. The first kappa shape index (κ1) is 15.0. The van der Waals surface area contributed by atoms with Gasteiger partial charge in [0.15, 0.2) is 0 Å². The highest BCUT2D eigenvalue weighted by Gasteiger charge is 2.30. The average molecular weight is 288 g/mol. The number of rotatable bonds is 4. The van der Waals surface area contributed by atoms with Gasteiger partial charge in [-0.15, -0.1) is 0 Å². The number of anilines is 1. The van der Waals surface area contributed by atoms with E-state index < -0.39 is 5.41 Å². The number of hydrogen-bond donors (Lipinski definition) is 1. The Bertz CT molecular complexity index is 639. The third-order valence-corrected chi connectivity index (χ3v) is 3.38. The topological polar surface area (TPSA) is 51.2 Å². The number of nitrogens with one attached hydrogen (secondary N) is 1. The lowest BCUT2D eigenvalue weighted by atomic mass is 9.83. The molecule has 5 heteroatoms. The highest BCUT2D eigenvalue weighted by molar-refractivity contribution is 5.99. The fourth-order valence-electron chi connectivity index (χ4n) is 1.93.